The second kappa shape index (κ2) is 3.08. The first-order valence-corrected chi connectivity index (χ1v) is 5.11. The molecule has 12 heavy (non-hydrogen) atoms. The number of amidine groups is 1. The van der Waals surface area contributed by atoms with Crippen LogP contribution in [0, 0.1) is 11.3 Å². The van der Waals surface area contributed by atoms with E-state index in [0.717, 1.165) is 30.8 Å². The molecule has 0 bridgehead atoms. The van der Waals surface area contributed by atoms with Gasteiger partial charge in [-0.3, -0.25) is 5.41 Å². The van der Waals surface area contributed by atoms with Crippen LogP contribution in [-0.2, 0) is 0 Å². The third kappa shape index (κ3) is 1.35. The van der Waals surface area contributed by atoms with Gasteiger partial charge in [-0.2, -0.15) is 0 Å². The van der Waals surface area contributed by atoms with Gasteiger partial charge in [0.25, 0.3) is 0 Å². The van der Waals surface area contributed by atoms with Crippen LogP contribution in [0.25, 0.3) is 0 Å². The normalized spacial score (nSPS) is 36.4. The fourth-order valence-electron chi connectivity index (χ4n) is 2.56. The van der Waals surface area contributed by atoms with Crippen LogP contribution in [-0.4, -0.2) is 23.3 Å². The largest absolute Gasteiger partial charge is 0.358 e. The second-order valence-electron chi connectivity index (χ2n) is 4.32. The second-order valence-corrected chi connectivity index (χ2v) is 4.32. The lowest BCUT2D eigenvalue weighted by molar-refractivity contribution is 0.330. The van der Waals surface area contributed by atoms with E-state index in [1.54, 1.807) is 0 Å². The van der Waals surface area contributed by atoms with Crippen LogP contribution in [0.4, 0.5) is 0 Å². The van der Waals surface area contributed by atoms with Crippen molar-refractivity contribution in [2.45, 2.75) is 45.1 Å². The number of nitrogens with one attached hydrogen (secondary N) is 1. The molecule has 0 aromatic rings. The average Bonchev–Trinajstić information content (AvgIpc) is 2.58. The molecule has 2 heteroatoms. The van der Waals surface area contributed by atoms with Crippen molar-refractivity contribution < 1.29 is 0 Å². The Morgan fingerprint density at radius 3 is 2.75 bits per heavy atom. The van der Waals surface area contributed by atoms with Gasteiger partial charge < -0.3 is 4.90 Å². The van der Waals surface area contributed by atoms with Gasteiger partial charge in [0.2, 0.25) is 0 Å². The SMILES string of the molecule is CC1CCC(N2CCCC2=N)C1. The topological polar surface area (TPSA) is 27.1 Å². The summed E-state index contributed by atoms with van der Waals surface area (Å²) in [6, 6.07) is 0.718. The van der Waals surface area contributed by atoms with Crippen LogP contribution < -0.4 is 0 Å². The van der Waals surface area contributed by atoms with E-state index in [2.05, 4.69) is 11.8 Å². The van der Waals surface area contributed by atoms with E-state index in [0.29, 0.717) is 0 Å². The van der Waals surface area contributed by atoms with Gasteiger partial charge in [-0.1, -0.05) is 6.92 Å². The van der Waals surface area contributed by atoms with Crippen LogP contribution in [0.3, 0.4) is 0 Å². The third-order valence-corrected chi connectivity index (χ3v) is 3.27. The first-order valence-electron chi connectivity index (χ1n) is 5.11. The minimum atomic E-state index is 0.718. The molecule has 2 unspecified atom stereocenters. The molecular formula is C10H18N2. The minimum absolute atomic E-state index is 0.718. The molecule has 1 saturated carbocycles. The Labute approximate surface area is 74.5 Å². The summed E-state index contributed by atoms with van der Waals surface area (Å²) in [4.78, 5) is 2.34. The molecule has 0 aromatic heterocycles. The Bertz CT molecular complexity index is 188. The lowest BCUT2D eigenvalue weighted by atomic mass is 10.1. The molecule has 1 heterocycles. The maximum atomic E-state index is 7.76. The summed E-state index contributed by atoms with van der Waals surface area (Å²) < 4.78 is 0. The first kappa shape index (κ1) is 8.09. The highest BCUT2D eigenvalue weighted by Gasteiger charge is 2.30. The summed E-state index contributed by atoms with van der Waals surface area (Å²) in [5.74, 6) is 1.79. The molecule has 2 aliphatic rings. The number of hydrogen-bond acceptors (Lipinski definition) is 1. The fourth-order valence-corrected chi connectivity index (χ4v) is 2.56. The zero-order valence-electron chi connectivity index (χ0n) is 7.84. The van der Waals surface area contributed by atoms with Crippen LogP contribution in [0.15, 0.2) is 0 Å². The summed E-state index contributed by atoms with van der Waals surface area (Å²) in [5, 5.41) is 7.76. The first-order chi connectivity index (χ1) is 5.77. The van der Waals surface area contributed by atoms with Crippen LogP contribution in [0.5, 0.6) is 0 Å². The highest BCUT2D eigenvalue weighted by atomic mass is 15.2. The van der Waals surface area contributed by atoms with E-state index in [4.69, 9.17) is 5.41 Å². The maximum absolute atomic E-state index is 7.76. The molecule has 1 N–H and O–H groups in total. The summed E-state index contributed by atoms with van der Waals surface area (Å²) in [6.45, 7) is 3.48. The van der Waals surface area contributed by atoms with Crippen molar-refractivity contribution in [3.63, 3.8) is 0 Å². The molecule has 0 radical (unpaired) electrons. The Kier molecular flexibility index (Phi) is 2.07. The van der Waals surface area contributed by atoms with Gasteiger partial charge in [-0.15, -0.1) is 0 Å². The minimum Gasteiger partial charge on any atom is -0.358 e. The Balaban J connectivity index is 1.96. The van der Waals surface area contributed by atoms with Gasteiger partial charge >= 0.3 is 0 Å². The predicted molar refractivity (Wildman–Crippen MR) is 50.5 cm³/mol. The highest BCUT2D eigenvalue weighted by Crippen LogP contribution is 2.31. The van der Waals surface area contributed by atoms with E-state index in [9.17, 15) is 0 Å². The molecule has 1 aliphatic carbocycles. The maximum Gasteiger partial charge on any atom is 0.0960 e. The Morgan fingerprint density at radius 2 is 2.25 bits per heavy atom. The standard InChI is InChI=1S/C10H18N2/c1-8-4-5-9(7-8)12-6-2-3-10(12)11/h8-9,11H,2-7H2,1H3. The number of hydrogen-bond donors (Lipinski definition) is 1. The van der Waals surface area contributed by atoms with Gasteiger partial charge in [0.15, 0.2) is 0 Å². The zero-order chi connectivity index (χ0) is 8.55. The quantitative estimate of drug-likeness (QED) is 0.635. The molecule has 2 rings (SSSR count). The molecule has 2 fully saturated rings. The van der Waals surface area contributed by atoms with Crippen LogP contribution >= 0.6 is 0 Å². The number of rotatable bonds is 1. The fraction of sp³-hybridized carbons (Fsp3) is 0.900. The van der Waals surface area contributed by atoms with E-state index >= 15 is 0 Å². The number of nitrogens with zero attached hydrogens (tertiary/aromatic N) is 1. The van der Waals surface area contributed by atoms with Crippen molar-refractivity contribution >= 4 is 5.84 Å². The predicted octanol–water partition coefficient (Wildman–Crippen LogP) is 2.25. The van der Waals surface area contributed by atoms with Crippen molar-refractivity contribution in [2.75, 3.05) is 6.54 Å². The molecule has 0 spiro atoms. The average molecular weight is 166 g/mol. The number of likely N-dealkylation sites (tertiary alicyclic amines) is 1. The zero-order valence-corrected chi connectivity index (χ0v) is 7.84. The van der Waals surface area contributed by atoms with Crippen molar-refractivity contribution in [3.8, 4) is 0 Å². The van der Waals surface area contributed by atoms with E-state index in [-0.39, 0.29) is 0 Å². The van der Waals surface area contributed by atoms with Gasteiger partial charge in [0.1, 0.15) is 0 Å². The molecule has 1 saturated heterocycles. The van der Waals surface area contributed by atoms with Crippen LogP contribution in [0.2, 0.25) is 0 Å². The monoisotopic (exact) mass is 166 g/mol. The summed E-state index contributed by atoms with van der Waals surface area (Å²) in [6.07, 6.45) is 6.25. The molecule has 68 valence electrons. The van der Waals surface area contributed by atoms with Crippen molar-refractivity contribution in [3.05, 3.63) is 0 Å². The lowest BCUT2D eigenvalue weighted by Gasteiger charge is -2.25. The lowest BCUT2D eigenvalue weighted by Crippen LogP contribution is -2.33. The van der Waals surface area contributed by atoms with Gasteiger partial charge in [0, 0.05) is 19.0 Å². The van der Waals surface area contributed by atoms with E-state index in [1.165, 1.54) is 25.7 Å². The molecule has 2 nitrogen and oxygen atoms in total. The summed E-state index contributed by atoms with van der Waals surface area (Å²) >= 11 is 0. The third-order valence-electron chi connectivity index (χ3n) is 3.27. The van der Waals surface area contributed by atoms with Crippen molar-refractivity contribution in [1.29, 1.82) is 5.41 Å². The molecular weight excluding hydrogens is 148 g/mol. The molecule has 1 aliphatic heterocycles. The molecule has 0 aromatic carbocycles. The summed E-state index contributed by atoms with van der Waals surface area (Å²) in [7, 11) is 0. The van der Waals surface area contributed by atoms with Gasteiger partial charge in [-0.05, 0) is 31.6 Å². The summed E-state index contributed by atoms with van der Waals surface area (Å²) in [5.41, 5.74) is 0. The molecule has 2 atom stereocenters. The van der Waals surface area contributed by atoms with Crippen LogP contribution in [0.1, 0.15) is 39.0 Å². The van der Waals surface area contributed by atoms with E-state index in [1.807, 2.05) is 0 Å². The Hall–Kier alpha value is -0.530. The van der Waals surface area contributed by atoms with Gasteiger partial charge in [-0.25, -0.2) is 0 Å². The van der Waals surface area contributed by atoms with Crippen molar-refractivity contribution in [1.82, 2.24) is 4.90 Å². The highest BCUT2D eigenvalue weighted by molar-refractivity contribution is 5.81. The Morgan fingerprint density at radius 1 is 1.42 bits per heavy atom. The van der Waals surface area contributed by atoms with Gasteiger partial charge in [0.05, 0.1) is 5.84 Å². The smallest absolute Gasteiger partial charge is 0.0960 e. The molecule has 0 amide bonds. The van der Waals surface area contributed by atoms with Crippen molar-refractivity contribution in [2.24, 2.45) is 5.92 Å². The van der Waals surface area contributed by atoms with E-state index < -0.39 is 0 Å².